The number of hydrogen-bond donors (Lipinski definition) is 0. The van der Waals surface area contributed by atoms with Gasteiger partial charge >= 0.3 is 0 Å². The van der Waals surface area contributed by atoms with E-state index in [2.05, 4.69) is 13.1 Å². The number of hydrogen-bond acceptors (Lipinski definition) is 1. The molecule has 1 rings (SSSR count). The lowest BCUT2D eigenvalue weighted by Crippen LogP contribution is -2.33. The first-order chi connectivity index (χ1) is 3.71. The van der Waals surface area contributed by atoms with E-state index in [1.807, 2.05) is 0 Å². The van der Waals surface area contributed by atoms with Crippen LogP contribution in [0.15, 0.2) is 0 Å². The highest BCUT2D eigenvalue weighted by Crippen LogP contribution is 2.20. The van der Waals surface area contributed by atoms with Gasteiger partial charge in [0.1, 0.15) is 0 Å². The molecule has 0 aromatic carbocycles. The molecule has 0 unspecified atom stereocenters. The van der Waals surface area contributed by atoms with Gasteiger partial charge in [0, 0.05) is 6.61 Å². The van der Waals surface area contributed by atoms with Crippen LogP contribution in [0.25, 0.3) is 0 Å². The van der Waals surface area contributed by atoms with E-state index in [0.717, 1.165) is 6.61 Å². The lowest BCUT2D eigenvalue weighted by Gasteiger charge is -2.27. The Morgan fingerprint density at radius 1 is 1.22 bits per heavy atom. The third-order valence-corrected chi connectivity index (χ3v) is 4.21. The normalized spacial score (nSPS) is 24.7. The molecule has 1 aliphatic rings. The van der Waals surface area contributed by atoms with Gasteiger partial charge in [0.2, 0.25) is 0 Å². The monoisotopic (exact) mass is 162 g/mol. The molecule has 9 heavy (non-hydrogen) atoms. The van der Waals surface area contributed by atoms with Crippen LogP contribution >= 0.6 is 0 Å². The second kappa shape index (κ2) is 3.53. The molecule has 1 fully saturated rings. The van der Waals surface area contributed by atoms with Crippen LogP contribution in [0, 0.1) is 0 Å². The summed E-state index contributed by atoms with van der Waals surface area (Å²) in [5, 5.41) is 0. The lowest BCUT2D eigenvalue weighted by atomic mass is 10.4. The van der Waals surface area contributed by atoms with Gasteiger partial charge in [-0.1, -0.05) is 6.42 Å². The lowest BCUT2D eigenvalue weighted by molar-refractivity contribution is 0.275. The molecule has 1 heterocycles. The van der Waals surface area contributed by atoms with E-state index < -0.39 is 8.32 Å². The van der Waals surface area contributed by atoms with E-state index in [4.69, 9.17) is 4.43 Å². The molecule has 3 heteroatoms. The quantitative estimate of drug-likeness (QED) is 0.473. The summed E-state index contributed by atoms with van der Waals surface area (Å²) in [4.78, 5) is 0. The summed E-state index contributed by atoms with van der Waals surface area (Å²) in [6.07, 6.45) is 2.69. The zero-order valence-electron chi connectivity index (χ0n) is 5.74. The smallest absolute Gasteiger partial charge is 0.186 e. The Bertz CT molecular complexity index is 75.1. The van der Waals surface area contributed by atoms with Gasteiger partial charge in [-0.05, 0) is 36.5 Å². The van der Waals surface area contributed by atoms with Gasteiger partial charge in [-0.2, -0.15) is 0 Å². The predicted molar refractivity (Wildman–Crippen MR) is 48.8 cm³/mol. The summed E-state index contributed by atoms with van der Waals surface area (Å²) in [6, 6.07) is 1.37. The summed E-state index contributed by atoms with van der Waals surface area (Å²) in [6.45, 7) is 5.62. The summed E-state index contributed by atoms with van der Waals surface area (Å²) in [7, 11) is -1.09. The Balaban J connectivity index is 0.000000640. The molecule has 0 amide bonds. The van der Waals surface area contributed by atoms with E-state index in [1.54, 1.807) is 0 Å². The van der Waals surface area contributed by atoms with E-state index >= 15 is 0 Å². The van der Waals surface area contributed by atoms with Crippen molar-refractivity contribution in [3.8, 4) is 0 Å². The van der Waals surface area contributed by atoms with Gasteiger partial charge in [0.15, 0.2) is 8.32 Å². The van der Waals surface area contributed by atoms with Crippen molar-refractivity contribution < 1.29 is 4.43 Å². The van der Waals surface area contributed by atoms with Crippen LogP contribution in [0.4, 0.5) is 0 Å². The Kier molecular flexibility index (Phi) is 3.69. The highest BCUT2D eigenvalue weighted by Gasteiger charge is 2.24. The topological polar surface area (TPSA) is 9.23 Å². The first kappa shape index (κ1) is 9.39. The van der Waals surface area contributed by atoms with Crippen molar-refractivity contribution in [3.63, 3.8) is 0 Å². The van der Waals surface area contributed by atoms with Gasteiger partial charge in [0.25, 0.3) is 0 Å². The van der Waals surface area contributed by atoms with Crippen LogP contribution < -0.4 is 0 Å². The molecule has 0 spiro atoms. The molecule has 0 saturated carbocycles. The summed E-state index contributed by atoms with van der Waals surface area (Å²) in [5.41, 5.74) is 0. The van der Waals surface area contributed by atoms with Crippen molar-refractivity contribution in [2.75, 3.05) is 6.61 Å². The van der Waals surface area contributed by atoms with Crippen molar-refractivity contribution in [1.82, 2.24) is 0 Å². The molecule has 1 nitrogen and oxygen atoms in total. The van der Waals surface area contributed by atoms with Gasteiger partial charge < -0.3 is 4.43 Å². The molecular weight excluding hydrogens is 144 g/mol. The van der Waals surface area contributed by atoms with Crippen molar-refractivity contribution >= 4 is 19.3 Å². The summed E-state index contributed by atoms with van der Waals surface area (Å²) in [5.74, 6) is 0. The predicted octanol–water partition coefficient (Wildman–Crippen LogP) is 0.550. The Labute approximate surface area is 62.9 Å². The minimum Gasteiger partial charge on any atom is -0.417 e. The largest absolute Gasteiger partial charge is 0.417 e. The molecule has 1 aliphatic heterocycles. The maximum absolute atomic E-state index is 5.60. The number of rotatable bonds is 0. The SMILES string of the molecule is C[Si]1(C)CCCCO1.[SiH4]. The van der Waals surface area contributed by atoms with Crippen LogP contribution in [0.5, 0.6) is 0 Å². The van der Waals surface area contributed by atoms with Crippen LogP contribution in [0.3, 0.4) is 0 Å². The molecule has 0 atom stereocenters. The van der Waals surface area contributed by atoms with Gasteiger partial charge in [-0.3, -0.25) is 0 Å². The Morgan fingerprint density at radius 2 is 1.89 bits per heavy atom. The standard InChI is InChI=1S/C6H14OSi.H4Si/c1-8(2)6-4-3-5-7-8;/h3-6H2,1-2H3;1H4. The van der Waals surface area contributed by atoms with Gasteiger partial charge in [-0.25, -0.2) is 0 Å². The van der Waals surface area contributed by atoms with E-state index in [0.29, 0.717) is 0 Å². The van der Waals surface area contributed by atoms with Crippen molar-refractivity contribution in [2.45, 2.75) is 32.0 Å². The Hall–Kier alpha value is 0.394. The maximum atomic E-state index is 5.60. The van der Waals surface area contributed by atoms with Crippen molar-refractivity contribution in [3.05, 3.63) is 0 Å². The molecular formula is C6H18OSi2. The van der Waals surface area contributed by atoms with Gasteiger partial charge in [0.05, 0.1) is 0 Å². The van der Waals surface area contributed by atoms with E-state index in [-0.39, 0.29) is 11.0 Å². The summed E-state index contributed by atoms with van der Waals surface area (Å²) < 4.78 is 5.60. The molecule has 56 valence electrons. The first-order valence-electron chi connectivity index (χ1n) is 3.35. The zero-order valence-corrected chi connectivity index (χ0v) is 6.74. The zero-order chi connectivity index (χ0) is 6.04. The molecule has 0 aromatic rings. The highest BCUT2D eigenvalue weighted by atomic mass is 28.4. The minimum atomic E-state index is -1.09. The average Bonchev–Trinajstić information content (AvgIpc) is 1.65. The molecule has 0 aliphatic carbocycles. The molecule has 0 N–H and O–H groups in total. The molecule has 1 saturated heterocycles. The highest BCUT2D eigenvalue weighted by molar-refractivity contribution is 6.71. The second-order valence-corrected chi connectivity index (χ2v) is 7.37. The Morgan fingerprint density at radius 3 is 2.11 bits per heavy atom. The van der Waals surface area contributed by atoms with Crippen LogP contribution in [-0.2, 0) is 4.43 Å². The minimum absolute atomic E-state index is 0. The third kappa shape index (κ3) is 3.18. The molecule has 0 bridgehead atoms. The third-order valence-electron chi connectivity index (χ3n) is 1.67. The van der Waals surface area contributed by atoms with Gasteiger partial charge in [-0.15, -0.1) is 0 Å². The second-order valence-electron chi connectivity index (χ2n) is 3.07. The van der Waals surface area contributed by atoms with Crippen LogP contribution in [0.2, 0.25) is 19.1 Å². The first-order valence-corrected chi connectivity index (χ1v) is 6.46. The molecule has 0 aromatic heterocycles. The van der Waals surface area contributed by atoms with E-state index in [9.17, 15) is 0 Å². The van der Waals surface area contributed by atoms with E-state index in [1.165, 1.54) is 18.9 Å². The average molecular weight is 162 g/mol. The fourth-order valence-electron chi connectivity index (χ4n) is 1.07. The van der Waals surface area contributed by atoms with Crippen molar-refractivity contribution in [1.29, 1.82) is 0 Å². The molecule has 0 radical (unpaired) electrons. The van der Waals surface area contributed by atoms with Crippen molar-refractivity contribution in [2.24, 2.45) is 0 Å². The fourth-order valence-corrected chi connectivity index (χ4v) is 3.02. The van der Waals surface area contributed by atoms with Crippen LogP contribution in [-0.4, -0.2) is 25.9 Å². The maximum Gasteiger partial charge on any atom is 0.186 e. The van der Waals surface area contributed by atoms with Crippen LogP contribution in [0.1, 0.15) is 12.8 Å². The summed E-state index contributed by atoms with van der Waals surface area (Å²) >= 11 is 0. The fraction of sp³-hybridized carbons (Fsp3) is 1.00.